The highest BCUT2D eigenvalue weighted by Crippen LogP contribution is 2.33. The van der Waals surface area contributed by atoms with E-state index >= 15 is 0 Å². The standard InChI is InChI=1S/C5H5F3N2O.ClH/c1-9-4-3(5(6,7)8)11-2-10-4;/h2,9H,1H3;1H. The van der Waals surface area contributed by atoms with Crippen LogP contribution in [-0.2, 0) is 6.18 Å². The topological polar surface area (TPSA) is 38.1 Å². The molecule has 1 heterocycles. The second-order valence-electron chi connectivity index (χ2n) is 1.78. The lowest BCUT2D eigenvalue weighted by atomic mass is 10.4. The molecule has 12 heavy (non-hydrogen) atoms. The number of hydrogen-bond acceptors (Lipinski definition) is 3. The van der Waals surface area contributed by atoms with E-state index in [-0.39, 0.29) is 18.2 Å². The van der Waals surface area contributed by atoms with Gasteiger partial charge in [-0.3, -0.25) is 0 Å². The fraction of sp³-hybridized carbons (Fsp3) is 0.400. The smallest absolute Gasteiger partial charge is 0.437 e. The van der Waals surface area contributed by atoms with Crippen LogP contribution in [0, 0.1) is 0 Å². The molecule has 0 aliphatic carbocycles. The van der Waals surface area contributed by atoms with Gasteiger partial charge >= 0.3 is 6.18 Å². The molecule has 3 nitrogen and oxygen atoms in total. The Morgan fingerprint density at radius 2 is 2.08 bits per heavy atom. The van der Waals surface area contributed by atoms with Gasteiger partial charge in [0.1, 0.15) is 0 Å². The summed E-state index contributed by atoms with van der Waals surface area (Å²) in [6, 6.07) is 0. The van der Waals surface area contributed by atoms with E-state index in [4.69, 9.17) is 0 Å². The first-order valence-corrected chi connectivity index (χ1v) is 2.74. The molecule has 7 heteroatoms. The zero-order valence-electron chi connectivity index (χ0n) is 5.97. The quantitative estimate of drug-likeness (QED) is 0.758. The highest BCUT2D eigenvalue weighted by molar-refractivity contribution is 5.85. The lowest BCUT2D eigenvalue weighted by molar-refractivity contribution is -0.152. The molecule has 0 spiro atoms. The third-order valence-corrected chi connectivity index (χ3v) is 1.06. The zero-order chi connectivity index (χ0) is 8.48. The lowest BCUT2D eigenvalue weighted by Gasteiger charge is -2.02. The van der Waals surface area contributed by atoms with Gasteiger partial charge in [0.25, 0.3) is 5.76 Å². The van der Waals surface area contributed by atoms with Gasteiger partial charge < -0.3 is 9.73 Å². The van der Waals surface area contributed by atoms with Crippen molar-refractivity contribution >= 4 is 18.2 Å². The normalized spacial score (nSPS) is 10.7. The van der Waals surface area contributed by atoms with Gasteiger partial charge in [-0.2, -0.15) is 18.2 Å². The monoisotopic (exact) mass is 202 g/mol. The van der Waals surface area contributed by atoms with Crippen molar-refractivity contribution in [3.8, 4) is 0 Å². The maximum absolute atomic E-state index is 11.9. The van der Waals surface area contributed by atoms with Crippen LogP contribution in [0.1, 0.15) is 5.76 Å². The Hall–Kier alpha value is -0.910. The first-order chi connectivity index (χ1) is 5.05. The molecule has 0 bridgehead atoms. The van der Waals surface area contributed by atoms with Crippen molar-refractivity contribution in [2.45, 2.75) is 6.18 Å². The third-order valence-electron chi connectivity index (χ3n) is 1.06. The highest BCUT2D eigenvalue weighted by atomic mass is 35.5. The zero-order valence-corrected chi connectivity index (χ0v) is 6.79. The van der Waals surface area contributed by atoms with Crippen LogP contribution >= 0.6 is 12.4 Å². The van der Waals surface area contributed by atoms with Gasteiger partial charge in [-0.25, -0.2) is 0 Å². The summed E-state index contributed by atoms with van der Waals surface area (Å²) >= 11 is 0. The molecule has 1 aromatic rings. The number of halogens is 4. The largest absolute Gasteiger partial charge is 0.453 e. The van der Waals surface area contributed by atoms with Crippen LogP contribution in [0.15, 0.2) is 10.8 Å². The number of oxazole rings is 1. The van der Waals surface area contributed by atoms with E-state index in [2.05, 4.69) is 14.7 Å². The molecule has 0 radical (unpaired) electrons. The predicted molar refractivity (Wildman–Crippen MR) is 38.3 cm³/mol. The molecule has 1 aromatic heterocycles. The Kier molecular flexibility index (Phi) is 3.38. The van der Waals surface area contributed by atoms with Crippen molar-refractivity contribution in [3.05, 3.63) is 12.2 Å². The van der Waals surface area contributed by atoms with E-state index in [1.54, 1.807) is 0 Å². The van der Waals surface area contributed by atoms with Crippen LogP contribution in [0.25, 0.3) is 0 Å². The van der Waals surface area contributed by atoms with Gasteiger partial charge in [-0.1, -0.05) is 0 Å². The summed E-state index contributed by atoms with van der Waals surface area (Å²) in [7, 11) is 1.34. The van der Waals surface area contributed by atoms with E-state index in [1.165, 1.54) is 7.05 Å². The Labute approximate surface area is 72.4 Å². The fourth-order valence-corrected chi connectivity index (χ4v) is 0.625. The molecule has 0 atom stereocenters. The number of nitrogens with zero attached hydrogens (tertiary/aromatic N) is 1. The Morgan fingerprint density at radius 3 is 2.42 bits per heavy atom. The van der Waals surface area contributed by atoms with Crippen LogP contribution in [0.4, 0.5) is 19.0 Å². The molecule has 0 unspecified atom stereocenters. The van der Waals surface area contributed by atoms with E-state index in [0.717, 1.165) is 6.39 Å². The van der Waals surface area contributed by atoms with E-state index in [9.17, 15) is 13.2 Å². The molecule has 0 fully saturated rings. The van der Waals surface area contributed by atoms with Crippen molar-refractivity contribution in [3.63, 3.8) is 0 Å². The second-order valence-corrected chi connectivity index (χ2v) is 1.78. The summed E-state index contributed by atoms with van der Waals surface area (Å²) < 4.78 is 39.8. The molecule has 0 aromatic carbocycles. The van der Waals surface area contributed by atoms with E-state index in [1.807, 2.05) is 0 Å². The van der Waals surface area contributed by atoms with E-state index in [0.29, 0.717) is 0 Å². The lowest BCUT2D eigenvalue weighted by Crippen LogP contribution is -2.06. The summed E-state index contributed by atoms with van der Waals surface area (Å²) in [5.41, 5.74) is 0. The summed E-state index contributed by atoms with van der Waals surface area (Å²) in [4.78, 5) is 3.30. The Morgan fingerprint density at radius 1 is 1.50 bits per heavy atom. The minimum absolute atomic E-state index is 0. The molecule has 0 aliphatic heterocycles. The number of alkyl halides is 3. The number of nitrogens with one attached hydrogen (secondary N) is 1. The summed E-state index contributed by atoms with van der Waals surface area (Å²) in [5.74, 6) is -1.39. The van der Waals surface area contributed by atoms with Gasteiger partial charge in [0.2, 0.25) is 0 Å². The van der Waals surface area contributed by atoms with Crippen LogP contribution < -0.4 is 5.32 Å². The Bertz CT molecular complexity index is 247. The van der Waals surface area contributed by atoms with Gasteiger partial charge in [0.15, 0.2) is 12.2 Å². The van der Waals surface area contributed by atoms with Crippen LogP contribution in [0.5, 0.6) is 0 Å². The van der Waals surface area contributed by atoms with Gasteiger partial charge in [-0.15, -0.1) is 12.4 Å². The molecule has 0 amide bonds. The average Bonchev–Trinajstić information content (AvgIpc) is 2.31. The summed E-state index contributed by atoms with van der Waals surface area (Å²) in [5, 5.41) is 2.26. The molecule has 1 N–H and O–H groups in total. The maximum Gasteiger partial charge on any atom is 0.453 e. The summed E-state index contributed by atoms with van der Waals surface area (Å²) in [6.45, 7) is 0. The molecule has 1 rings (SSSR count). The Balaban J connectivity index is 0.00000121. The summed E-state index contributed by atoms with van der Waals surface area (Å²) in [6.07, 6.45) is -3.73. The minimum atomic E-state index is -4.48. The maximum atomic E-state index is 11.9. The van der Waals surface area contributed by atoms with Crippen molar-refractivity contribution in [2.24, 2.45) is 0 Å². The molecule has 0 saturated carbocycles. The predicted octanol–water partition coefficient (Wildman–Crippen LogP) is 2.16. The molecule has 0 aliphatic rings. The first-order valence-electron chi connectivity index (χ1n) is 2.74. The number of hydrogen-bond donors (Lipinski definition) is 1. The van der Waals surface area contributed by atoms with Crippen LogP contribution in [0.3, 0.4) is 0 Å². The molecular weight excluding hydrogens is 197 g/mol. The van der Waals surface area contributed by atoms with Gasteiger partial charge in [-0.05, 0) is 0 Å². The SMILES string of the molecule is CNc1ncoc1C(F)(F)F.Cl. The molecule has 0 saturated heterocycles. The van der Waals surface area contributed by atoms with Crippen molar-refractivity contribution in [1.29, 1.82) is 0 Å². The van der Waals surface area contributed by atoms with Gasteiger partial charge in [0.05, 0.1) is 0 Å². The fourth-order valence-electron chi connectivity index (χ4n) is 0.625. The van der Waals surface area contributed by atoms with Crippen LogP contribution in [-0.4, -0.2) is 12.0 Å². The van der Waals surface area contributed by atoms with Crippen LogP contribution in [0.2, 0.25) is 0 Å². The van der Waals surface area contributed by atoms with Crippen molar-refractivity contribution in [1.82, 2.24) is 4.98 Å². The van der Waals surface area contributed by atoms with E-state index < -0.39 is 11.9 Å². The number of anilines is 1. The number of rotatable bonds is 1. The second kappa shape index (κ2) is 3.66. The molecular formula is C5H6ClF3N2O. The van der Waals surface area contributed by atoms with Gasteiger partial charge in [0, 0.05) is 7.05 Å². The molecule has 70 valence electrons. The minimum Gasteiger partial charge on any atom is -0.437 e. The third kappa shape index (κ3) is 2.04. The van der Waals surface area contributed by atoms with Crippen molar-refractivity contribution in [2.75, 3.05) is 12.4 Å². The highest BCUT2D eigenvalue weighted by Gasteiger charge is 2.38. The number of aromatic nitrogens is 1. The average molecular weight is 203 g/mol. The first kappa shape index (κ1) is 11.1. The van der Waals surface area contributed by atoms with Crippen molar-refractivity contribution < 1.29 is 17.6 Å².